The number of methoxy groups -OCH3 is 3. The van der Waals surface area contributed by atoms with Crippen molar-refractivity contribution in [3.05, 3.63) is 0 Å². The van der Waals surface area contributed by atoms with Crippen LogP contribution in [0.2, 0.25) is 0 Å². The molecule has 0 N–H and O–H groups in total. The predicted octanol–water partition coefficient (Wildman–Crippen LogP) is 0.938. The maximum absolute atomic E-state index is 11.6. The van der Waals surface area contributed by atoms with E-state index in [1.54, 1.807) is 21.3 Å². The summed E-state index contributed by atoms with van der Waals surface area (Å²) in [5, 5.41) is 0. The molecule has 2 unspecified atom stereocenters. The smallest absolute Gasteiger partial charge is 0.307 e. The first-order valence-corrected chi connectivity index (χ1v) is 6.96. The van der Waals surface area contributed by atoms with Gasteiger partial charge in [0, 0.05) is 41.0 Å². The average Bonchev–Trinajstić information content (AvgIpc) is 2.44. The second-order valence-electron chi connectivity index (χ2n) is 4.82. The molecule has 6 nitrogen and oxygen atoms in total. The molecule has 120 valence electrons. The number of hydrogen-bond donors (Lipinski definition) is 0. The minimum atomic E-state index is -0.206. The molecule has 0 aromatic carbocycles. The van der Waals surface area contributed by atoms with E-state index in [1.807, 2.05) is 13.8 Å². The summed E-state index contributed by atoms with van der Waals surface area (Å²) in [4.78, 5) is 13.7. The summed E-state index contributed by atoms with van der Waals surface area (Å²) in [7, 11) is 4.94. The highest BCUT2D eigenvalue weighted by Crippen LogP contribution is 2.02. The van der Waals surface area contributed by atoms with Gasteiger partial charge in [-0.15, -0.1) is 0 Å². The molecule has 0 aliphatic rings. The summed E-state index contributed by atoms with van der Waals surface area (Å²) in [6.07, 6.45) is 0.587. The fourth-order valence-corrected chi connectivity index (χ4v) is 1.69. The van der Waals surface area contributed by atoms with Crippen molar-refractivity contribution in [3.63, 3.8) is 0 Å². The lowest BCUT2D eigenvalue weighted by molar-refractivity contribution is -0.145. The molecule has 0 aliphatic carbocycles. The highest BCUT2D eigenvalue weighted by Gasteiger charge is 2.15. The van der Waals surface area contributed by atoms with E-state index in [0.717, 1.165) is 13.1 Å². The third-order valence-corrected chi connectivity index (χ3v) is 3.02. The van der Waals surface area contributed by atoms with Crippen LogP contribution in [-0.2, 0) is 23.7 Å². The van der Waals surface area contributed by atoms with Gasteiger partial charge >= 0.3 is 5.97 Å². The molecule has 0 saturated carbocycles. The fourth-order valence-electron chi connectivity index (χ4n) is 1.69. The second kappa shape index (κ2) is 12.1. The van der Waals surface area contributed by atoms with Gasteiger partial charge in [0.1, 0.15) is 6.61 Å². The summed E-state index contributed by atoms with van der Waals surface area (Å²) in [5.74, 6) is -0.206. The predicted molar refractivity (Wildman–Crippen MR) is 76.8 cm³/mol. The summed E-state index contributed by atoms with van der Waals surface area (Å²) in [6.45, 7) is 6.89. The molecule has 0 aromatic rings. The fraction of sp³-hybridized carbons (Fsp3) is 0.929. The molecule has 0 spiro atoms. The van der Waals surface area contributed by atoms with E-state index in [-0.39, 0.29) is 18.2 Å². The highest BCUT2D eigenvalue weighted by molar-refractivity contribution is 5.69. The third-order valence-electron chi connectivity index (χ3n) is 3.02. The first-order chi connectivity index (χ1) is 9.53. The molecule has 0 amide bonds. The van der Waals surface area contributed by atoms with Gasteiger partial charge in [-0.05, 0) is 13.8 Å². The van der Waals surface area contributed by atoms with Crippen LogP contribution >= 0.6 is 0 Å². The van der Waals surface area contributed by atoms with Crippen LogP contribution in [-0.4, -0.2) is 77.3 Å². The highest BCUT2D eigenvalue weighted by atomic mass is 16.6. The van der Waals surface area contributed by atoms with Crippen LogP contribution in [0.4, 0.5) is 0 Å². The first kappa shape index (κ1) is 19.3. The zero-order valence-electron chi connectivity index (χ0n) is 13.4. The van der Waals surface area contributed by atoms with Gasteiger partial charge in [-0.3, -0.25) is 9.69 Å². The lowest BCUT2D eigenvalue weighted by atomic mass is 10.2. The number of ether oxygens (including phenoxy) is 4. The molecule has 0 fully saturated rings. The van der Waals surface area contributed by atoms with Crippen LogP contribution in [0.25, 0.3) is 0 Å². The number of nitrogens with zero attached hydrogens (tertiary/aromatic N) is 1. The van der Waals surface area contributed by atoms with Crippen molar-refractivity contribution in [3.8, 4) is 0 Å². The van der Waals surface area contributed by atoms with Crippen molar-refractivity contribution in [2.24, 2.45) is 0 Å². The van der Waals surface area contributed by atoms with E-state index < -0.39 is 0 Å². The Balaban J connectivity index is 4.10. The van der Waals surface area contributed by atoms with E-state index in [4.69, 9.17) is 18.9 Å². The molecule has 0 bridgehead atoms. The van der Waals surface area contributed by atoms with Crippen LogP contribution in [0.5, 0.6) is 0 Å². The van der Waals surface area contributed by atoms with Gasteiger partial charge in [-0.25, -0.2) is 0 Å². The van der Waals surface area contributed by atoms with E-state index in [9.17, 15) is 4.79 Å². The maximum Gasteiger partial charge on any atom is 0.307 e. The molecule has 2 atom stereocenters. The number of rotatable bonds is 12. The van der Waals surface area contributed by atoms with Crippen molar-refractivity contribution < 1.29 is 23.7 Å². The van der Waals surface area contributed by atoms with E-state index in [0.29, 0.717) is 26.2 Å². The van der Waals surface area contributed by atoms with Crippen LogP contribution in [0, 0.1) is 0 Å². The quantitative estimate of drug-likeness (QED) is 0.394. The monoisotopic (exact) mass is 291 g/mol. The number of hydrogen-bond acceptors (Lipinski definition) is 6. The Hall–Kier alpha value is -0.690. The van der Waals surface area contributed by atoms with Crippen molar-refractivity contribution >= 4 is 5.97 Å². The summed E-state index contributed by atoms with van der Waals surface area (Å²) < 4.78 is 20.4. The average molecular weight is 291 g/mol. The van der Waals surface area contributed by atoms with Gasteiger partial charge in [0.15, 0.2) is 0 Å². The lowest BCUT2D eigenvalue weighted by Crippen LogP contribution is -2.39. The standard InChI is InChI=1S/C14H29NO5/c1-12(18-4)10-15(11-13(2)19-5)7-6-14(16)20-9-8-17-3/h12-13H,6-11H2,1-5H3. The number of carbonyl (C=O) groups is 1. The largest absolute Gasteiger partial charge is 0.463 e. The van der Waals surface area contributed by atoms with Gasteiger partial charge in [0.25, 0.3) is 0 Å². The Morgan fingerprint density at radius 1 is 1.00 bits per heavy atom. The molecule has 0 aliphatic heterocycles. The Morgan fingerprint density at radius 3 is 2.00 bits per heavy atom. The first-order valence-electron chi connectivity index (χ1n) is 6.96. The summed E-state index contributed by atoms with van der Waals surface area (Å²) in [5.41, 5.74) is 0. The molecular formula is C14H29NO5. The van der Waals surface area contributed by atoms with Gasteiger partial charge in [0.2, 0.25) is 0 Å². The zero-order valence-corrected chi connectivity index (χ0v) is 13.4. The van der Waals surface area contributed by atoms with Crippen molar-refractivity contribution in [2.45, 2.75) is 32.5 Å². The van der Waals surface area contributed by atoms with E-state index >= 15 is 0 Å². The Bertz CT molecular complexity index is 238. The number of esters is 1. The topological polar surface area (TPSA) is 57.2 Å². The normalized spacial score (nSPS) is 14.3. The van der Waals surface area contributed by atoms with Crippen LogP contribution in [0.3, 0.4) is 0 Å². The summed E-state index contributed by atoms with van der Waals surface area (Å²) >= 11 is 0. The SMILES string of the molecule is COCCOC(=O)CCN(CC(C)OC)CC(C)OC. The van der Waals surface area contributed by atoms with Crippen LogP contribution < -0.4 is 0 Å². The molecule has 20 heavy (non-hydrogen) atoms. The van der Waals surface area contributed by atoms with Crippen molar-refractivity contribution in [1.82, 2.24) is 4.90 Å². The molecular weight excluding hydrogens is 262 g/mol. The van der Waals surface area contributed by atoms with Crippen molar-refractivity contribution in [1.29, 1.82) is 0 Å². The van der Waals surface area contributed by atoms with E-state index in [1.165, 1.54) is 0 Å². The van der Waals surface area contributed by atoms with Crippen LogP contribution in [0.15, 0.2) is 0 Å². The third kappa shape index (κ3) is 10.1. The van der Waals surface area contributed by atoms with E-state index in [2.05, 4.69) is 4.90 Å². The maximum atomic E-state index is 11.6. The number of carbonyl (C=O) groups excluding carboxylic acids is 1. The van der Waals surface area contributed by atoms with Crippen molar-refractivity contribution in [2.75, 3.05) is 54.2 Å². The minimum absolute atomic E-state index is 0.114. The van der Waals surface area contributed by atoms with Gasteiger partial charge < -0.3 is 18.9 Å². The molecule has 0 aromatic heterocycles. The molecule has 0 rings (SSSR count). The Morgan fingerprint density at radius 2 is 1.55 bits per heavy atom. The Labute approximate surface area is 122 Å². The molecule has 0 saturated heterocycles. The molecule has 6 heteroatoms. The second-order valence-corrected chi connectivity index (χ2v) is 4.82. The minimum Gasteiger partial charge on any atom is -0.463 e. The summed E-state index contributed by atoms with van der Waals surface area (Å²) in [6, 6.07) is 0. The van der Waals surface area contributed by atoms with Gasteiger partial charge in [-0.2, -0.15) is 0 Å². The zero-order chi connectivity index (χ0) is 15.4. The molecule has 0 heterocycles. The van der Waals surface area contributed by atoms with Gasteiger partial charge in [0.05, 0.1) is 25.2 Å². The van der Waals surface area contributed by atoms with Gasteiger partial charge in [-0.1, -0.05) is 0 Å². The molecule has 0 radical (unpaired) electrons. The lowest BCUT2D eigenvalue weighted by Gasteiger charge is -2.27. The Kier molecular flexibility index (Phi) is 11.7. The van der Waals surface area contributed by atoms with Crippen LogP contribution in [0.1, 0.15) is 20.3 Å².